The monoisotopic (exact) mass is 323 g/mol. The van der Waals surface area contributed by atoms with Crippen LogP contribution in [-0.4, -0.2) is 59.8 Å². The number of likely N-dealkylation sites (tertiary alicyclic amines) is 1. The van der Waals surface area contributed by atoms with Gasteiger partial charge in [-0.15, -0.1) is 11.3 Å². The van der Waals surface area contributed by atoms with Gasteiger partial charge in [-0.1, -0.05) is 6.92 Å². The Kier molecular flexibility index (Phi) is 5.00. The number of piperidine rings is 1. The van der Waals surface area contributed by atoms with Gasteiger partial charge >= 0.3 is 6.03 Å². The van der Waals surface area contributed by atoms with E-state index in [2.05, 4.69) is 21.7 Å². The molecule has 0 saturated carbocycles. The topological polar surface area (TPSA) is 55.8 Å². The molecule has 1 saturated heterocycles. The minimum absolute atomic E-state index is 0.0424. The number of aliphatic hydroxyl groups is 1. The summed E-state index contributed by atoms with van der Waals surface area (Å²) in [6.45, 7) is 6.85. The van der Waals surface area contributed by atoms with Crippen molar-refractivity contribution >= 4 is 17.4 Å². The maximum Gasteiger partial charge on any atom is 0.317 e. The molecule has 0 spiro atoms. The lowest BCUT2D eigenvalue weighted by Gasteiger charge is -2.34. The maximum atomic E-state index is 12.1. The van der Waals surface area contributed by atoms with Gasteiger partial charge in [-0.2, -0.15) is 0 Å². The molecule has 0 bridgehead atoms. The normalized spacial score (nSPS) is 25.8. The summed E-state index contributed by atoms with van der Waals surface area (Å²) in [4.78, 5) is 17.8. The molecule has 1 aromatic rings. The van der Waals surface area contributed by atoms with Gasteiger partial charge in [0, 0.05) is 44.1 Å². The fourth-order valence-electron chi connectivity index (χ4n) is 3.16. The van der Waals surface area contributed by atoms with Crippen molar-refractivity contribution < 1.29 is 9.90 Å². The zero-order chi connectivity index (χ0) is 15.5. The molecule has 5 nitrogen and oxygen atoms in total. The van der Waals surface area contributed by atoms with Crippen LogP contribution in [0.3, 0.4) is 0 Å². The van der Waals surface area contributed by atoms with E-state index in [-0.39, 0.29) is 11.9 Å². The molecule has 22 heavy (non-hydrogen) atoms. The van der Waals surface area contributed by atoms with Crippen LogP contribution in [0.5, 0.6) is 0 Å². The molecule has 2 atom stereocenters. The van der Waals surface area contributed by atoms with E-state index in [0.717, 1.165) is 39.0 Å². The summed E-state index contributed by atoms with van der Waals surface area (Å²) < 4.78 is 0. The van der Waals surface area contributed by atoms with Crippen molar-refractivity contribution in [2.75, 3.05) is 32.7 Å². The number of carbonyl (C=O) groups is 1. The summed E-state index contributed by atoms with van der Waals surface area (Å²) in [7, 11) is 0. The van der Waals surface area contributed by atoms with Gasteiger partial charge in [-0.05, 0) is 35.8 Å². The van der Waals surface area contributed by atoms with Crippen LogP contribution in [0, 0.1) is 5.92 Å². The van der Waals surface area contributed by atoms with Crippen molar-refractivity contribution in [2.24, 2.45) is 5.92 Å². The molecule has 0 radical (unpaired) electrons. The lowest BCUT2D eigenvalue weighted by Crippen LogP contribution is -2.50. The maximum absolute atomic E-state index is 12.1. The van der Waals surface area contributed by atoms with Gasteiger partial charge < -0.3 is 15.3 Å². The molecule has 1 aromatic heterocycles. The molecule has 3 heterocycles. The molecular formula is C16H25N3O2S. The van der Waals surface area contributed by atoms with Gasteiger partial charge in [-0.3, -0.25) is 4.90 Å². The van der Waals surface area contributed by atoms with Crippen LogP contribution in [0.15, 0.2) is 11.4 Å². The van der Waals surface area contributed by atoms with Crippen LogP contribution < -0.4 is 5.32 Å². The lowest BCUT2D eigenvalue weighted by molar-refractivity contribution is 0.0434. The predicted octanol–water partition coefficient (Wildman–Crippen LogP) is 1.52. The average molecular weight is 323 g/mol. The Morgan fingerprint density at radius 3 is 3.18 bits per heavy atom. The molecule has 0 aromatic carbocycles. The van der Waals surface area contributed by atoms with Crippen LogP contribution in [0.1, 0.15) is 23.8 Å². The first-order valence-electron chi connectivity index (χ1n) is 8.12. The van der Waals surface area contributed by atoms with E-state index < -0.39 is 6.10 Å². The third-order valence-corrected chi connectivity index (χ3v) is 5.82. The number of nitrogens with zero attached hydrogens (tertiary/aromatic N) is 2. The second-order valence-corrected chi connectivity index (χ2v) is 7.41. The number of nitrogens with one attached hydrogen (secondary N) is 1. The first-order valence-corrected chi connectivity index (χ1v) is 9.00. The second kappa shape index (κ2) is 6.98. The second-order valence-electron chi connectivity index (χ2n) is 6.41. The molecule has 6 heteroatoms. The summed E-state index contributed by atoms with van der Waals surface area (Å²) >= 11 is 1.85. The van der Waals surface area contributed by atoms with Crippen molar-refractivity contribution in [3.63, 3.8) is 0 Å². The Morgan fingerprint density at radius 2 is 2.36 bits per heavy atom. The third kappa shape index (κ3) is 3.62. The largest absolute Gasteiger partial charge is 0.391 e. The third-order valence-electron chi connectivity index (χ3n) is 4.80. The highest BCUT2D eigenvalue weighted by Crippen LogP contribution is 2.23. The molecule has 2 aliphatic heterocycles. The zero-order valence-electron chi connectivity index (χ0n) is 13.1. The number of rotatable bonds is 3. The van der Waals surface area contributed by atoms with Crippen LogP contribution in [-0.2, 0) is 13.0 Å². The number of thiophene rings is 1. The molecule has 2 N–H and O–H groups in total. The molecule has 2 aliphatic rings. The van der Waals surface area contributed by atoms with E-state index in [1.54, 1.807) is 4.90 Å². The number of aliphatic hydroxyl groups excluding tert-OH is 1. The first-order chi connectivity index (χ1) is 10.6. The Hall–Kier alpha value is -1.11. The van der Waals surface area contributed by atoms with Crippen molar-refractivity contribution in [1.29, 1.82) is 0 Å². The van der Waals surface area contributed by atoms with E-state index in [0.29, 0.717) is 13.1 Å². The van der Waals surface area contributed by atoms with Crippen LogP contribution in [0.2, 0.25) is 0 Å². The number of urea groups is 1. The fourth-order valence-corrected chi connectivity index (χ4v) is 4.05. The van der Waals surface area contributed by atoms with Gasteiger partial charge in [0.25, 0.3) is 0 Å². The van der Waals surface area contributed by atoms with Crippen LogP contribution >= 0.6 is 11.3 Å². The van der Waals surface area contributed by atoms with Crippen molar-refractivity contribution in [3.05, 3.63) is 21.9 Å². The van der Waals surface area contributed by atoms with Crippen molar-refractivity contribution in [1.82, 2.24) is 15.1 Å². The fraction of sp³-hybridized carbons (Fsp3) is 0.688. The highest BCUT2D eigenvalue weighted by atomic mass is 32.1. The first kappa shape index (κ1) is 15.8. The molecule has 2 unspecified atom stereocenters. The highest BCUT2D eigenvalue weighted by Gasteiger charge is 2.27. The molecule has 1 fully saturated rings. The number of hydrogen-bond acceptors (Lipinski definition) is 4. The summed E-state index contributed by atoms with van der Waals surface area (Å²) in [5.74, 6) is 0.289. The molecule has 0 aliphatic carbocycles. The smallest absolute Gasteiger partial charge is 0.317 e. The summed E-state index contributed by atoms with van der Waals surface area (Å²) in [5, 5.41) is 15.0. The van der Waals surface area contributed by atoms with Gasteiger partial charge in [0.2, 0.25) is 0 Å². The quantitative estimate of drug-likeness (QED) is 0.887. The van der Waals surface area contributed by atoms with E-state index in [1.807, 2.05) is 18.3 Å². The number of amides is 2. The minimum Gasteiger partial charge on any atom is -0.391 e. The number of hydrogen-bond donors (Lipinski definition) is 2. The van der Waals surface area contributed by atoms with E-state index >= 15 is 0 Å². The van der Waals surface area contributed by atoms with Crippen molar-refractivity contribution in [2.45, 2.75) is 32.4 Å². The minimum atomic E-state index is -0.390. The number of carbonyl (C=O) groups excluding carboxylic acids is 1. The van der Waals surface area contributed by atoms with Gasteiger partial charge in [-0.25, -0.2) is 4.79 Å². The SMILES string of the molecule is CC1CCN(C(=O)NCCN2CCc3sccc3C2)CC1O. The van der Waals surface area contributed by atoms with Gasteiger partial charge in [0.1, 0.15) is 0 Å². The predicted molar refractivity (Wildman–Crippen MR) is 88.1 cm³/mol. The van der Waals surface area contributed by atoms with Gasteiger partial charge in [0.05, 0.1) is 6.10 Å². The van der Waals surface area contributed by atoms with Crippen LogP contribution in [0.25, 0.3) is 0 Å². The van der Waals surface area contributed by atoms with E-state index in [1.165, 1.54) is 10.4 Å². The molecule has 122 valence electrons. The lowest BCUT2D eigenvalue weighted by atomic mass is 9.96. The highest BCUT2D eigenvalue weighted by molar-refractivity contribution is 7.10. The molecule has 3 rings (SSSR count). The Morgan fingerprint density at radius 1 is 1.50 bits per heavy atom. The Labute approximate surface area is 135 Å². The standard InChI is InChI=1S/C16H25N3O2S/c1-12-2-7-19(11-14(12)20)16(21)17-5-8-18-6-3-15-13(10-18)4-9-22-15/h4,9,12,14,20H,2-3,5-8,10-11H2,1H3,(H,17,21). The zero-order valence-corrected chi connectivity index (χ0v) is 13.9. The van der Waals surface area contributed by atoms with Crippen LogP contribution in [0.4, 0.5) is 4.79 Å². The Bertz CT molecular complexity index is 519. The number of fused-ring (bicyclic) bond motifs is 1. The average Bonchev–Trinajstić information content (AvgIpc) is 2.97. The van der Waals surface area contributed by atoms with Gasteiger partial charge in [0.15, 0.2) is 0 Å². The van der Waals surface area contributed by atoms with E-state index in [9.17, 15) is 9.90 Å². The summed E-state index contributed by atoms with van der Waals surface area (Å²) in [6.07, 6.45) is 1.61. The molecule has 2 amide bonds. The summed E-state index contributed by atoms with van der Waals surface area (Å²) in [5.41, 5.74) is 1.44. The summed E-state index contributed by atoms with van der Waals surface area (Å²) in [6, 6.07) is 2.17. The van der Waals surface area contributed by atoms with E-state index in [4.69, 9.17) is 0 Å². The van der Waals surface area contributed by atoms with Crippen molar-refractivity contribution in [3.8, 4) is 0 Å². The molecular weight excluding hydrogens is 298 g/mol. The number of β-amino-alcohol motifs (C(OH)–C–C–N with tert-alkyl or cyclic N) is 1. The Balaban J connectivity index is 1.39.